The molecule has 2 aromatic rings. The first kappa shape index (κ1) is 21.5. The quantitative estimate of drug-likeness (QED) is 0.699. The summed E-state index contributed by atoms with van der Waals surface area (Å²) in [6.45, 7) is 3.16. The second-order valence-electron chi connectivity index (χ2n) is 8.54. The van der Waals surface area contributed by atoms with Crippen molar-refractivity contribution >= 4 is 11.8 Å². The Bertz CT molecular complexity index is 875. The lowest BCUT2D eigenvalue weighted by Gasteiger charge is -2.35. The summed E-state index contributed by atoms with van der Waals surface area (Å²) in [7, 11) is 1.64. The van der Waals surface area contributed by atoms with Crippen molar-refractivity contribution < 1.29 is 18.7 Å². The zero-order valence-electron chi connectivity index (χ0n) is 18.3. The number of likely N-dealkylation sites (tertiary alicyclic amines) is 2. The summed E-state index contributed by atoms with van der Waals surface area (Å²) in [6, 6.07) is 11.6. The van der Waals surface area contributed by atoms with E-state index in [-0.39, 0.29) is 11.8 Å². The number of hydrogen-bond acceptors (Lipinski definition) is 4. The molecule has 6 nitrogen and oxygen atoms in total. The summed E-state index contributed by atoms with van der Waals surface area (Å²) in [6.07, 6.45) is 6.05. The van der Waals surface area contributed by atoms with Crippen LogP contribution in [-0.2, 0) is 16.0 Å². The highest BCUT2D eigenvalue weighted by atomic mass is 16.5. The van der Waals surface area contributed by atoms with Gasteiger partial charge >= 0.3 is 0 Å². The normalized spacial score (nSPS) is 17.6. The molecule has 0 bridgehead atoms. The SMILES string of the molecule is COc1ccc(-c2ccc(CCC(=O)N3CCC(C(=O)N4CCCCC4)CC3)o2)cc1. The van der Waals surface area contributed by atoms with Gasteiger partial charge < -0.3 is 19.0 Å². The van der Waals surface area contributed by atoms with Crippen LogP contribution in [0.15, 0.2) is 40.8 Å². The molecule has 2 aliphatic heterocycles. The van der Waals surface area contributed by atoms with Crippen molar-refractivity contribution in [3.8, 4) is 17.1 Å². The first-order chi connectivity index (χ1) is 15.1. The zero-order chi connectivity index (χ0) is 21.6. The van der Waals surface area contributed by atoms with Crippen molar-refractivity contribution in [1.29, 1.82) is 0 Å². The Morgan fingerprint density at radius 1 is 0.935 bits per heavy atom. The van der Waals surface area contributed by atoms with Crippen LogP contribution < -0.4 is 4.74 Å². The number of benzene rings is 1. The lowest BCUT2D eigenvalue weighted by Crippen LogP contribution is -2.45. The lowest BCUT2D eigenvalue weighted by molar-refractivity contribution is -0.141. The van der Waals surface area contributed by atoms with E-state index in [4.69, 9.17) is 9.15 Å². The Hall–Kier alpha value is -2.76. The van der Waals surface area contributed by atoms with Crippen molar-refractivity contribution in [3.63, 3.8) is 0 Å². The standard InChI is InChI=1S/C25H32N2O4/c1-30-21-7-5-19(6-8-21)23-11-9-22(31-23)10-12-24(28)26-17-13-20(14-18-26)25(29)27-15-3-2-4-16-27/h5-9,11,20H,2-4,10,12-18H2,1H3. The molecule has 2 amide bonds. The van der Waals surface area contributed by atoms with Crippen molar-refractivity contribution in [2.45, 2.75) is 44.9 Å². The maximum Gasteiger partial charge on any atom is 0.225 e. The van der Waals surface area contributed by atoms with Gasteiger partial charge in [0, 0.05) is 50.5 Å². The third kappa shape index (κ3) is 5.30. The second kappa shape index (κ2) is 10.0. The molecule has 6 heteroatoms. The van der Waals surface area contributed by atoms with E-state index in [1.54, 1.807) is 7.11 Å². The molecule has 31 heavy (non-hydrogen) atoms. The molecule has 0 aliphatic carbocycles. The molecule has 3 heterocycles. The average molecular weight is 425 g/mol. The van der Waals surface area contributed by atoms with Crippen molar-refractivity contribution in [2.75, 3.05) is 33.3 Å². The summed E-state index contributed by atoms with van der Waals surface area (Å²) >= 11 is 0. The number of piperidine rings is 2. The molecule has 1 aromatic heterocycles. The summed E-state index contributed by atoms with van der Waals surface area (Å²) in [5, 5.41) is 0. The molecule has 0 radical (unpaired) electrons. The van der Waals surface area contributed by atoms with Crippen LogP contribution in [0.4, 0.5) is 0 Å². The number of amides is 2. The third-order valence-electron chi connectivity index (χ3n) is 6.49. The molecule has 1 aromatic carbocycles. The fraction of sp³-hybridized carbons (Fsp3) is 0.520. The maximum absolute atomic E-state index is 12.7. The van der Waals surface area contributed by atoms with Gasteiger partial charge in [0.1, 0.15) is 17.3 Å². The van der Waals surface area contributed by atoms with Crippen LogP contribution in [0.1, 0.15) is 44.3 Å². The van der Waals surface area contributed by atoms with Crippen LogP contribution in [-0.4, -0.2) is 54.9 Å². The molecule has 0 N–H and O–H groups in total. The summed E-state index contributed by atoms with van der Waals surface area (Å²) in [5.41, 5.74) is 0.985. The number of carbonyl (C=O) groups is 2. The molecule has 2 saturated heterocycles. The van der Waals surface area contributed by atoms with Crippen molar-refractivity contribution in [3.05, 3.63) is 42.2 Å². The van der Waals surface area contributed by atoms with Crippen LogP contribution in [0.25, 0.3) is 11.3 Å². The van der Waals surface area contributed by atoms with Gasteiger partial charge in [-0.15, -0.1) is 0 Å². The minimum atomic E-state index is 0.0827. The average Bonchev–Trinajstić information content (AvgIpc) is 3.32. The molecule has 0 atom stereocenters. The van der Waals surface area contributed by atoms with Crippen LogP contribution in [0.2, 0.25) is 0 Å². The first-order valence-corrected chi connectivity index (χ1v) is 11.4. The first-order valence-electron chi connectivity index (χ1n) is 11.4. The predicted octanol–water partition coefficient (Wildman–Crippen LogP) is 4.14. The van der Waals surface area contributed by atoms with Crippen molar-refractivity contribution in [2.24, 2.45) is 5.92 Å². The molecule has 0 unspecified atom stereocenters. The molecule has 4 rings (SSSR count). The number of hydrogen-bond donors (Lipinski definition) is 0. The van der Waals surface area contributed by atoms with Crippen molar-refractivity contribution in [1.82, 2.24) is 9.80 Å². The molecule has 2 fully saturated rings. The molecule has 0 saturated carbocycles. The van der Waals surface area contributed by atoms with E-state index in [0.29, 0.717) is 31.8 Å². The molecule has 0 spiro atoms. The van der Waals surface area contributed by atoms with Crippen LogP contribution in [0.3, 0.4) is 0 Å². The number of furan rings is 1. The van der Waals surface area contributed by atoms with Crippen LogP contribution in [0.5, 0.6) is 5.75 Å². The van der Waals surface area contributed by atoms with E-state index in [9.17, 15) is 9.59 Å². The number of nitrogens with zero attached hydrogens (tertiary/aromatic N) is 2. The highest BCUT2D eigenvalue weighted by molar-refractivity contribution is 5.80. The molecule has 166 valence electrons. The van der Waals surface area contributed by atoms with E-state index in [2.05, 4.69) is 0 Å². The van der Waals surface area contributed by atoms with Gasteiger partial charge in [-0.2, -0.15) is 0 Å². The van der Waals surface area contributed by atoms with Gasteiger partial charge in [0.15, 0.2) is 0 Å². The van der Waals surface area contributed by atoms with E-state index in [1.165, 1.54) is 6.42 Å². The Balaban J connectivity index is 1.23. The third-order valence-corrected chi connectivity index (χ3v) is 6.49. The summed E-state index contributed by atoms with van der Waals surface area (Å²) in [5.74, 6) is 2.94. The maximum atomic E-state index is 12.7. The number of rotatable bonds is 6. The predicted molar refractivity (Wildman–Crippen MR) is 119 cm³/mol. The number of ether oxygens (including phenoxy) is 1. The minimum absolute atomic E-state index is 0.0827. The van der Waals surface area contributed by atoms with E-state index >= 15 is 0 Å². The summed E-state index contributed by atoms with van der Waals surface area (Å²) in [4.78, 5) is 29.3. The lowest BCUT2D eigenvalue weighted by atomic mass is 9.94. The van der Waals surface area contributed by atoms with Gasteiger partial charge in [0.2, 0.25) is 11.8 Å². The Morgan fingerprint density at radius 3 is 2.32 bits per heavy atom. The largest absolute Gasteiger partial charge is 0.497 e. The monoisotopic (exact) mass is 424 g/mol. The topological polar surface area (TPSA) is 63.0 Å². The zero-order valence-corrected chi connectivity index (χ0v) is 18.3. The fourth-order valence-electron chi connectivity index (χ4n) is 4.56. The van der Waals surface area contributed by atoms with E-state index in [0.717, 1.165) is 61.6 Å². The second-order valence-corrected chi connectivity index (χ2v) is 8.54. The smallest absolute Gasteiger partial charge is 0.225 e. The number of aryl methyl sites for hydroxylation is 1. The highest BCUT2D eigenvalue weighted by Crippen LogP contribution is 2.26. The molecule has 2 aliphatic rings. The van der Waals surface area contributed by atoms with Gasteiger partial charge in [-0.05, 0) is 68.5 Å². The number of methoxy groups -OCH3 is 1. The van der Waals surface area contributed by atoms with Gasteiger partial charge in [-0.25, -0.2) is 0 Å². The number of carbonyl (C=O) groups excluding carboxylic acids is 2. The fourth-order valence-corrected chi connectivity index (χ4v) is 4.56. The van der Waals surface area contributed by atoms with Gasteiger partial charge in [-0.3, -0.25) is 9.59 Å². The Kier molecular flexibility index (Phi) is 6.95. The van der Waals surface area contributed by atoms with Gasteiger partial charge in [0.05, 0.1) is 7.11 Å². The van der Waals surface area contributed by atoms with Crippen LogP contribution >= 0.6 is 0 Å². The highest BCUT2D eigenvalue weighted by Gasteiger charge is 2.30. The minimum Gasteiger partial charge on any atom is -0.497 e. The van der Waals surface area contributed by atoms with Crippen LogP contribution in [0, 0.1) is 5.92 Å². The summed E-state index contributed by atoms with van der Waals surface area (Å²) < 4.78 is 11.1. The Labute approximate surface area is 184 Å². The molecular formula is C25H32N2O4. The molecular weight excluding hydrogens is 392 g/mol. The van der Waals surface area contributed by atoms with E-state index in [1.807, 2.05) is 46.2 Å². The Morgan fingerprint density at radius 2 is 1.65 bits per heavy atom. The van der Waals surface area contributed by atoms with Gasteiger partial charge in [-0.1, -0.05) is 0 Å². The van der Waals surface area contributed by atoms with E-state index < -0.39 is 0 Å². The van der Waals surface area contributed by atoms with Gasteiger partial charge in [0.25, 0.3) is 0 Å².